The van der Waals surface area contributed by atoms with Gasteiger partial charge in [-0.2, -0.15) is 10.1 Å². The summed E-state index contributed by atoms with van der Waals surface area (Å²) in [4.78, 5) is 7.12. The van der Waals surface area contributed by atoms with Crippen molar-refractivity contribution in [2.75, 3.05) is 13.1 Å². The lowest BCUT2D eigenvalue weighted by atomic mass is 9.92. The molecule has 2 aromatic heterocycles. The minimum Gasteiger partial charge on any atom is -0.339 e. The molecule has 0 aromatic carbocycles. The van der Waals surface area contributed by atoms with E-state index in [1.165, 1.54) is 56.5 Å². The second-order valence-corrected chi connectivity index (χ2v) is 7.65. The second-order valence-electron chi connectivity index (χ2n) is 7.65. The van der Waals surface area contributed by atoms with Crippen LogP contribution in [0.15, 0.2) is 10.7 Å². The Hall–Kier alpha value is -1.69. The maximum absolute atomic E-state index is 5.36. The fourth-order valence-corrected chi connectivity index (χ4v) is 3.83. The third-order valence-electron chi connectivity index (χ3n) is 5.79. The Bertz CT molecular complexity index is 694. The number of piperidine rings is 1. The molecule has 1 aliphatic carbocycles. The van der Waals surface area contributed by atoms with E-state index in [9.17, 15) is 0 Å². The van der Waals surface area contributed by atoms with Crippen molar-refractivity contribution < 1.29 is 4.52 Å². The van der Waals surface area contributed by atoms with E-state index in [1.54, 1.807) is 0 Å². The first-order chi connectivity index (χ1) is 12.2. The van der Waals surface area contributed by atoms with Crippen LogP contribution in [0.2, 0.25) is 0 Å². The second kappa shape index (κ2) is 7.28. The van der Waals surface area contributed by atoms with Crippen molar-refractivity contribution in [1.82, 2.24) is 24.8 Å². The zero-order valence-electron chi connectivity index (χ0n) is 15.4. The number of hydrogen-bond donors (Lipinski definition) is 0. The van der Waals surface area contributed by atoms with E-state index in [4.69, 9.17) is 4.52 Å². The van der Waals surface area contributed by atoms with Gasteiger partial charge in [0.25, 0.3) is 0 Å². The molecule has 2 fully saturated rings. The SMILES string of the molecule is CCn1ncc(CN2CCC(CCc3noc(C4CC4)n3)CC2)c1C. The molecule has 25 heavy (non-hydrogen) atoms. The average molecular weight is 343 g/mol. The molecule has 1 saturated carbocycles. The van der Waals surface area contributed by atoms with Gasteiger partial charge in [0.1, 0.15) is 0 Å². The minimum absolute atomic E-state index is 0.560. The molecule has 0 unspecified atom stereocenters. The molecule has 1 saturated heterocycles. The van der Waals surface area contributed by atoms with Gasteiger partial charge in [0.2, 0.25) is 5.89 Å². The molecule has 0 spiro atoms. The number of nitrogens with zero attached hydrogens (tertiary/aromatic N) is 5. The molecule has 4 rings (SSSR count). The van der Waals surface area contributed by atoms with Crippen molar-refractivity contribution in [3.8, 4) is 0 Å². The summed E-state index contributed by atoms with van der Waals surface area (Å²) in [7, 11) is 0. The van der Waals surface area contributed by atoms with Crippen molar-refractivity contribution in [2.45, 2.75) is 71.4 Å². The highest BCUT2D eigenvalue weighted by Crippen LogP contribution is 2.39. The van der Waals surface area contributed by atoms with Gasteiger partial charge in [0, 0.05) is 36.7 Å². The Morgan fingerprint density at radius 1 is 1.20 bits per heavy atom. The predicted molar refractivity (Wildman–Crippen MR) is 95.2 cm³/mol. The fourth-order valence-electron chi connectivity index (χ4n) is 3.83. The van der Waals surface area contributed by atoms with Gasteiger partial charge in [-0.05, 0) is 65.0 Å². The molecule has 0 amide bonds. The summed E-state index contributed by atoms with van der Waals surface area (Å²) in [6.07, 6.45) is 9.17. The van der Waals surface area contributed by atoms with Gasteiger partial charge in [-0.25, -0.2) is 0 Å². The van der Waals surface area contributed by atoms with Crippen molar-refractivity contribution in [1.29, 1.82) is 0 Å². The minimum atomic E-state index is 0.560. The first-order valence-corrected chi connectivity index (χ1v) is 9.79. The summed E-state index contributed by atoms with van der Waals surface area (Å²) in [5.41, 5.74) is 2.69. The lowest BCUT2D eigenvalue weighted by molar-refractivity contribution is 0.171. The zero-order valence-corrected chi connectivity index (χ0v) is 15.4. The smallest absolute Gasteiger partial charge is 0.229 e. The van der Waals surface area contributed by atoms with Crippen molar-refractivity contribution in [3.63, 3.8) is 0 Å². The van der Waals surface area contributed by atoms with Crippen LogP contribution in [0.3, 0.4) is 0 Å². The quantitative estimate of drug-likeness (QED) is 0.772. The molecule has 0 radical (unpaired) electrons. The number of hydrogen-bond acceptors (Lipinski definition) is 5. The number of aromatic nitrogens is 4. The summed E-state index contributed by atoms with van der Waals surface area (Å²) in [5, 5.41) is 8.61. The summed E-state index contributed by atoms with van der Waals surface area (Å²) in [6, 6.07) is 0. The van der Waals surface area contributed by atoms with Gasteiger partial charge in [0.05, 0.1) is 6.20 Å². The first kappa shape index (κ1) is 16.8. The van der Waals surface area contributed by atoms with Crippen LogP contribution in [0.1, 0.15) is 67.9 Å². The maximum atomic E-state index is 5.36. The number of likely N-dealkylation sites (tertiary alicyclic amines) is 1. The lowest BCUT2D eigenvalue weighted by Gasteiger charge is -2.31. The third-order valence-corrected chi connectivity index (χ3v) is 5.79. The maximum Gasteiger partial charge on any atom is 0.229 e. The average Bonchev–Trinajstić information content (AvgIpc) is 3.28. The van der Waals surface area contributed by atoms with E-state index < -0.39 is 0 Å². The van der Waals surface area contributed by atoms with Crippen molar-refractivity contribution >= 4 is 0 Å². The lowest BCUT2D eigenvalue weighted by Crippen LogP contribution is -2.33. The Balaban J connectivity index is 1.21. The van der Waals surface area contributed by atoms with Crippen LogP contribution >= 0.6 is 0 Å². The molecular formula is C19H29N5O. The Labute approximate surface area is 149 Å². The van der Waals surface area contributed by atoms with Crippen molar-refractivity contribution in [2.24, 2.45) is 5.92 Å². The van der Waals surface area contributed by atoms with E-state index in [2.05, 4.69) is 38.7 Å². The summed E-state index contributed by atoms with van der Waals surface area (Å²) < 4.78 is 7.44. The standard InChI is InChI=1S/C19H29N5O/c1-3-24-14(2)17(12-20-24)13-23-10-8-15(9-11-23)4-7-18-21-19(25-22-18)16-5-6-16/h12,15-16H,3-11,13H2,1-2H3. The zero-order chi connectivity index (χ0) is 17.2. The van der Waals surface area contributed by atoms with Crippen molar-refractivity contribution in [3.05, 3.63) is 29.2 Å². The first-order valence-electron chi connectivity index (χ1n) is 9.79. The predicted octanol–water partition coefficient (Wildman–Crippen LogP) is 3.32. The van der Waals surface area contributed by atoms with Crippen LogP contribution in [0.5, 0.6) is 0 Å². The largest absolute Gasteiger partial charge is 0.339 e. The van der Waals surface area contributed by atoms with Crippen LogP contribution < -0.4 is 0 Å². The third kappa shape index (κ3) is 3.94. The molecule has 6 heteroatoms. The summed E-state index contributed by atoms with van der Waals surface area (Å²) in [6.45, 7) is 8.68. The molecule has 0 bridgehead atoms. The molecule has 2 aliphatic rings. The molecular weight excluding hydrogens is 314 g/mol. The Morgan fingerprint density at radius 2 is 2.00 bits per heavy atom. The van der Waals surface area contributed by atoms with E-state index in [1.807, 2.05) is 6.20 Å². The molecule has 136 valence electrons. The van der Waals surface area contributed by atoms with E-state index in [-0.39, 0.29) is 0 Å². The van der Waals surface area contributed by atoms with Crippen LogP contribution in [0, 0.1) is 12.8 Å². The van der Waals surface area contributed by atoms with Gasteiger partial charge in [0.15, 0.2) is 5.82 Å². The molecule has 3 heterocycles. The van der Waals surface area contributed by atoms with E-state index >= 15 is 0 Å². The number of aryl methyl sites for hydroxylation is 2. The molecule has 6 nitrogen and oxygen atoms in total. The number of rotatable bonds is 7. The van der Waals surface area contributed by atoms with E-state index in [0.717, 1.165) is 37.1 Å². The van der Waals surface area contributed by atoms with Gasteiger partial charge in [-0.1, -0.05) is 5.16 Å². The topological polar surface area (TPSA) is 60.0 Å². The fraction of sp³-hybridized carbons (Fsp3) is 0.737. The molecule has 1 aliphatic heterocycles. The normalized spacial score (nSPS) is 19.6. The molecule has 0 atom stereocenters. The highest BCUT2D eigenvalue weighted by Gasteiger charge is 2.29. The van der Waals surface area contributed by atoms with Crippen LogP contribution in [-0.4, -0.2) is 37.9 Å². The van der Waals surface area contributed by atoms with Gasteiger partial charge in [-0.15, -0.1) is 0 Å². The molecule has 0 N–H and O–H groups in total. The highest BCUT2D eigenvalue weighted by molar-refractivity contribution is 5.16. The van der Waals surface area contributed by atoms with Gasteiger partial charge >= 0.3 is 0 Å². The summed E-state index contributed by atoms with van der Waals surface area (Å²) in [5.74, 6) is 3.13. The summed E-state index contributed by atoms with van der Waals surface area (Å²) >= 11 is 0. The Kier molecular flexibility index (Phi) is 4.88. The van der Waals surface area contributed by atoms with Gasteiger partial charge < -0.3 is 4.52 Å². The molecule has 2 aromatic rings. The van der Waals surface area contributed by atoms with Gasteiger partial charge in [-0.3, -0.25) is 9.58 Å². The van der Waals surface area contributed by atoms with Crippen LogP contribution in [-0.2, 0) is 19.5 Å². The highest BCUT2D eigenvalue weighted by atomic mass is 16.5. The van der Waals surface area contributed by atoms with Crippen LogP contribution in [0.4, 0.5) is 0 Å². The monoisotopic (exact) mass is 343 g/mol. The van der Waals surface area contributed by atoms with Crippen LogP contribution in [0.25, 0.3) is 0 Å². The Morgan fingerprint density at radius 3 is 2.68 bits per heavy atom. The van der Waals surface area contributed by atoms with E-state index in [0.29, 0.717) is 5.92 Å².